The third kappa shape index (κ3) is 3.25. The summed E-state index contributed by atoms with van der Waals surface area (Å²) in [6.45, 7) is -0.122. The molecule has 1 saturated heterocycles. The molecule has 2 amide bonds. The second-order valence-electron chi connectivity index (χ2n) is 5.46. The number of carbonyl (C=O) groups excluding carboxylic acids is 2. The van der Waals surface area contributed by atoms with E-state index in [0.717, 1.165) is 25.7 Å². The van der Waals surface area contributed by atoms with Gasteiger partial charge in [-0.1, -0.05) is 12.8 Å². The second kappa shape index (κ2) is 6.34. The van der Waals surface area contributed by atoms with Gasteiger partial charge < -0.3 is 20.4 Å². The predicted octanol–water partition coefficient (Wildman–Crippen LogP) is -0.753. The van der Waals surface area contributed by atoms with Gasteiger partial charge in [0.15, 0.2) is 0 Å². The van der Waals surface area contributed by atoms with Gasteiger partial charge in [0.25, 0.3) is 0 Å². The first-order chi connectivity index (χ1) is 9.15. The van der Waals surface area contributed by atoms with E-state index >= 15 is 0 Å². The molecule has 6 nitrogen and oxygen atoms in total. The fourth-order valence-corrected chi connectivity index (χ4v) is 2.94. The molecule has 0 bridgehead atoms. The normalized spacial score (nSPS) is 24.5. The van der Waals surface area contributed by atoms with E-state index in [4.69, 9.17) is 10.2 Å². The lowest BCUT2D eigenvalue weighted by molar-refractivity contribution is -0.130. The molecule has 3 N–H and O–H groups in total. The molecule has 0 aromatic heterocycles. The number of nitrogens with zero attached hydrogens (tertiary/aromatic N) is 1. The Bertz CT molecular complexity index is 338. The molecular formula is C13H22N2O4. The Labute approximate surface area is 112 Å². The lowest BCUT2D eigenvalue weighted by Gasteiger charge is -2.24. The zero-order chi connectivity index (χ0) is 13.8. The number of nitrogens with one attached hydrogen (secondary N) is 1. The lowest BCUT2D eigenvalue weighted by Crippen LogP contribution is -2.44. The van der Waals surface area contributed by atoms with Crippen molar-refractivity contribution >= 4 is 11.8 Å². The van der Waals surface area contributed by atoms with Crippen molar-refractivity contribution < 1.29 is 19.8 Å². The summed E-state index contributed by atoms with van der Waals surface area (Å²) in [7, 11) is 0. The zero-order valence-electron chi connectivity index (χ0n) is 11.0. The molecule has 0 aromatic rings. The van der Waals surface area contributed by atoms with Crippen LogP contribution < -0.4 is 5.32 Å². The first-order valence-corrected chi connectivity index (χ1v) is 6.97. The van der Waals surface area contributed by atoms with E-state index in [1.165, 1.54) is 0 Å². The summed E-state index contributed by atoms with van der Waals surface area (Å²) in [4.78, 5) is 25.8. The fourth-order valence-electron chi connectivity index (χ4n) is 2.94. The van der Waals surface area contributed by atoms with Crippen molar-refractivity contribution in [2.24, 2.45) is 5.92 Å². The molecule has 1 aliphatic carbocycles. The summed E-state index contributed by atoms with van der Waals surface area (Å²) in [6, 6.07) is -0.333. The van der Waals surface area contributed by atoms with Crippen molar-refractivity contribution in [1.82, 2.24) is 10.2 Å². The Hall–Kier alpha value is -1.14. The van der Waals surface area contributed by atoms with Gasteiger partial charge >= 0.3 is 0 Å². The van der Waals surface area contributed by atoms with Gasteiger partial charge in [-0.05, 0) is 12.8 Å². The third-order valence-electron chi connectivity index (χ3n) is 4.08. The Morgan fingerprint density at radius 1 is 1.32 bits per heavy atom. The first-order valence-electron chi connectivity index (χ1n) is 6.97. The third-order valence-corrected chi connectivity index (χ3v) is 4.08. The van der Waals surface area contributed by atoms with Gasteiger partial charge in [-0.15, -0.1) is 0 Å². The number of aliphatic hydroxyl groups excluding tert-OH is 2. The Morgan fingerprint density at radius 3 is 2.53 bits per heavy atom. The molecule has 1 heterocycles. The summed E-state index contributed by atoms with van der Waals surface area (Å²) in [6.07, 6.45) is 4.63. The first kappa shape index (κ1) is 14.3. The predicted molar refractivity (Wildman–Crippen MR) is 68.2 cm³/mol. The van der Waals surface area contributed by atoms with Crippen molar-refractivity contribution in [3.63, 3.8) is 0 Å². The maximum Gasteiger partial charge on any atom is 0.225 e. The summed E-state index contributed by atoms with van der Waals surface area (Å²) in [5.74, 6) is -0.549. The summed E-state index contributed by atoms with van der Waals surface area (Å²) in [5, 5.41) is 20.5. The Balaban J connectivity index is 1.89. The van der Waals surface area contributed by atoms with E-state index in [1.807, 2.05) is 4.90 Å². The van der Waals surface area contributed by atoms with Gasteiger partial charge in [0.2, 0.25) is 11.8 Å². The molecule has 2 aliphatic rings. The molecule has 19 heavy (non-hydrogen) atoms. The average molecular weight is 270 g/mol. The van der Waals surface area contributed by atoms with E-state index in [9.17, 15) is 9.59 Å². The van der Waals surface area contributed by atoms with Gasteiger partial charge in [0, 0.05) is 19.0 Å². The molecule has 0 aromatic carbocycles. The van der Waals surface area contributed by atoms with Gasteiger partial charge in [-0.25, -0.2) is 0 Å². The van der Waals surface area contributed by atoms with E-state index in [1.54, 1.807) is 0 Å². The van der Waals surface area contributed by atoms with Crippen molar-refractivity contribution in [1.29, 1.82) is 0 Å². The molecule has 1 saturated carbocycles. The average Bonchev–Trinajstić information content (AvgIpc) is 3.04. The summed E-state index contributed by atoms with van der Waals surface area (Å²) in [5.41, 5.74) is 0. The number of hydrogen-bond donors (Lipinski definition) is 3. The van der Waals surface area contributed by atoms with Crippen LogP contribution in [0.25, 0.3) is 0 Å². The minimum Gasteiger partial charge on any atom is -0.394 e. The quantitative estimate of drug-likeness (QED) is 0.613. The van der Waals surface area contributed by atoms with E-state index < -0.39 is 6.04 Å². The largest absolute Gasteiger partial charge is 0.394 e. The number of carbonyl (C=O) groups is 2. The second-order valence-corrected chi connectivity index (χ2v) is 5.46. The van der Waals surface area contributed by atoms with Crippen molar-refractivity contribution in [3.8, 4) is 0 Å². The molecule has 0 spiro atoms. The highest BCUT2D eigenvalue weighted by atomic mass is 16.3. The number of amides is 2. The van der Waals surface area contributed by atoms with Crippen molar-refractivity contribution in [3.05, 3.63) is 0 Å². The van der Waals surface area contributed by atoms with Crippen LogP contribution in [0.5, 0.6) is 0 Å². The maximum atomic E-state index is 12.0. The minimum atomic E-state index is -0.636. The Morgan fingerprint density at radius 2 is 1.95 bits per heavy atom. The highest BCUT2D eigenvalue weighted by molar-refractivity contribution is 5.89. The highest BCUT2D eigenvalue weighted by Gasteiger charge is 2.38. The molecular weight excluding hydrogens is 248 g/mol. The van der Waals surface area contributed by atoms with Gasteiger partial charge in [0.05, 0.1) is 25.2 Å². The van der Waals surface area contributed by atoms with Crippen LogP contribution in [0.1, 0.15) is 32.1 Å². The molecule has 108 valence electrons. The number of aliphatic hydroxyl groups is 2. The molecule has 1 atom stereocenters. The standard InChI is InChI=1S/C13H22N2O4/c16-7-10(8-17)14-13(19)9-5-12(18)15(6-9)11-3-1-2-4-11/h9-11,16-17H,1-8H2,(H,14,19). The highest BCUT2D eigenvalue weighted by Crippen LogP contribution is 2.29. The van der Waals surface area contributed by atoms with Crippen LogP contribution in [0.15, 0.2) is 0 Å². The molecule has 6 heteroatoms. The number of likely N-dealkylation sites (tertiary alicyclic amines) is 1. The fraction of sp³-hybridized carbons (Fsp3) is 0.846. The van der Waals surface area contributed by atoms with Crippen LogP contribution in [0.2, 0.25) is 0 Å². The van der Waals surface area contributed by atoms with Crippen molar-refractivity contribution in [2.75, 3.05) is 19.8 Å². The van der Waals surface area contributed by atoms with Crippen LogP contribution >= 0.6 is 0 Å². The number of hydrogen-bond acceptors (Lipinski definition) is 4. The monoisotopic (exact) mass is 270 g/mol. The summed E-state index contributed by atoms with van der Waals surface area (Å²) < 4.78 is 0. The topological polar surface area (TPSA) is 89.9 Å². The smallest absolute Gasteiger partial charge is 0.225 e. The van der Waals surface area contributed by atoms with Crippen molar-refractivity contribution in [2.45, 2.75) is 44.2 Å². The lowest BCUT2D eigenvalue weighted by atomic mass is 10.1. The molecule has 1 unspecified atom stereocenters. The van der Waals surface area contributed by atoms with E-state index in [2.05, 4.69) is 5.32 Å². The summed E-state index contributed by atoms with van der Waals surface area (Å²) >= 11 is 0. The molecule has 1 aliphatic heterocycles. The minimum absolute atomic E-state index is 0.0524. The molecule has 2 rings (SSSR count). The number of rotatable bonds is 5. The van der Waals surface area contributed by atoms with Crippen LogP contribution in [0, 0.1) is 5.92 Å². The zero-order valence-corrected chi connectivity index (χ0v) is 11.0. The van der Waals surface area contributed by atoms with Crippen LogP contribution in [0.3, 0.4) is 0 Å². The van der Waals surface area contributed by atoms with Gasteiger partial charge in [0.1, 0.15) is 0 Å². The van der Waals surface area contributed by atoms with Crippen LogP contribution in [-0.2, 0) is 9.59 Å². The molecule has 2 fully saturated rings. The van der Waals surface area contributed by atoms with Crippen LogP contribution in [0.4, 0.5) is 0 Å². The van der Waals surface area contributed by atoms with Gasteiger partial charge in [-0.3, -0.25) is 9.59 Å². The Kier molecular flexibility index (Phi) is 4.76. The van der Waals surface area contributed by atoms with Gasteiger partial charge in [-0.2, -0.15) is 0 Å². The van der Waals surface area contributed by atoms with Crippen LogP contribution in [-0.4, -0.2) is 58.8 Å². The van der Waals surface area contributed by atoms with E-state index in [-0.39, 0.29) is 37.4 Å². The maximum absolute atomic E-state index is 12.0. The molecule has 0 radical (unpaired) electrons. The SMILES string of the molecule is O=C(NC(CO)CO)C1CC(=O)N(C2CCCC2)C1. The van der Waals surface area contributed by atoms with E-state index in [0.29, 0.717) is 12.6 Å².